The summed E-state index contributed by atoms with van der Waals surface area (Å²) in [5.74, 6) is -0.0538. The summed E-state index contributed by atoms with van der Waals surface area (Å²) in [6.07, 6.45) is 0. The average molecular weight is 337 g/mol. The Morgan fingerprint density at radius 1 is 1.18 bits per heavy atom. The molecule has 116 valence electrons. The van der Waals surface area contributed by atoms with E-state index < -0.39 is 0 Å². The van der Waals surface area contributed by atoms with Crippen molar-refractivity contribution in [3.63, 3.8) is 0 Å². The number of hydrogen-bond acceptors (Lipinski definition) is 2. The van der Waals surface area contributed by atoms with Crippen LogP contribution in [0, 0.1) is 6.92 Å². The van der Waals surface area contributed by atoms with Crippen LogP contribution in [0.25, 0.3) is 0 Å². The summed E-state index contributed by atoms with van der Waals surface area (Å²) >= 11 is 12.0. The molecule has 1 N–H and O–H groups in total. The molecule has 0 unspecified atom stereocenters. The SMILES string of the molecule is Cc1ccccc1NC(=O)CN(C)Cc1ccc(Cl)cc1Cl. The van der Waals surface area contributed by atoms with E-state index >= 15 is 0 Å². The number of halogens is 2. The van der Waals surface area contributed by atoms with E-state index in [-0.39, 0.29) is 12.5 Å². The van der Waals surface area contributed by atoms with Gasteiger partial charge in [0, 0.05) is 22.3 Å². The van der Waals surface area contributed by atoms with Crippen molar-refractivity contribution >= 4 is 34.8 Å². The number of hydrogen-bond donors (Lipinski definition) is 1. The second-order valence-corrected chi connectivity index (χ2v) is 6.11. The maximum atomic E-state index is 12.1. The Bertz CT molecular complexity index is 673. The molecular weight excluding hydrogens is 319 g/mol. The molecule has 2 aromatic rings. The molecule has 5 heteroatoms. The predicted molar refractivity (Wildman–Crippen MR) is 92.6 cm³/mol. The minimum atomic E-state index is -0.0538. The van der Waals surface area contributed by atoms with Crippen LogP contribution in [0.4, 0.5) is 5.69 Å². The van der Waals surface area contributed by atoms with Crippen molar-refractivity contribution in [2.24, 2.45) is 0 Å². The van der Waals surface area contributed by atoms with Gasteiger partial charge in [0.1, 0.15) is 0 Å². The molecule has 0 spiro atoms. The molecule has 3 nitrogen and oxygen atoms in total. The summed E-state index contributed by atoms with van der Waals surface area (Å²) in [7, 11) is 1.88. The van der Waals surface area contributed by atoms with Crippen LogP contribution in [0.15, 0.2) is 42.5 Å². The summed E-state index contributed by atoms with van der Waals surface area (Å²) in [4.78, 5) is 14.0. The highest BCUT2D eigenvalue weighted by atomic mass is 35.5. The largest absolute Gasteiger partial charge is 0.325 e. The Hall–Kier alpha value is -1.55. The van der Waals surface area contributed by atoms with Crippen molar-refractivity contribution in [1.82, 2.24) is 4.90 Å². The van der Waals surface area contributed by atoms with Crippen molar-refractivity contribution in [3.05, 3.63) is 63.6 Å². The first-order valence-corrected chi connectivity index (χ1v) is 7.69. The molecular formula is C17H18Cl2N2O. The number of nitrogens with one attached hydrogen (secondary N) is 1. The number of para-hydroxylation sites is 1. The lowest BCUT2D eigenvalue weighted by Gasteiger charge is -2.17. The Kier molecular flexibility index (Phi) is 5.83. The number of carbonyl (C=O) groups is 1. The number of anilines is 1. The second-order valence-electron chi connectivity index (χ2n) is 5.27. The molecule has 0 aliphatic carbocycles. The van der Waals surface area contributed by atoms with E-state index in [9.17, 15) is 4.79 Å². The van der Waals surface area contributed by atoms with E-state index in [1.807, 2.05) is 49.2 Å². The highest BCUT2D eigenvalue weighted by Gasteiger charge is 2.10. The predicted octanol–water partition coefficient (Wildman–Crippen LogP) is 4.37. The van der Waals surface area contributed by atoms with E-state index in [2.05, 4.69) is 5.32 Å². The smallest absolute Gasteiger partial charge is 0.238 e. The second kappa shape index (κ2) is 7.63. The van der Waals surface area contributed by atoms with E-state index in [1.165, 1.54) is 0 Å². The van der Waals surface area contributed by atoms with Gasteiger partial charge in [0.25, 0.3) is 0 Å². The molecule has 0 heterocycles. The summed E-state index contributed by atoms with van der Waals surface area (Å²) in [6.45, 7) is 2.83. The fourth-order valence-electron chi connectivity index (χ4n) is 2.14. The van der Waals surface area contributed by atoms with Gasteiger partial charge >= 0.3 is 0 Å². The van der Waals surface area contributed by atoms with Gasteiger partial charge < -0.3 is 5.32 Å². The van der Waals surface area contributed by atoms with Gasteiger partial charge in [0.15, 0.2) is 0 Å². The zero-order chi connectivity index (χ0) is 16.1. The number of rotatable bonds is 5. The molecule has 0 bridgehead atoms. The molecule has 0 saturated carbocycles. The number of likely N-dealkylation sites (N-methyl/N-ethyl adjacent to an activating group) is 1. The minimum absolute atomic E-state index is 0.0538. The Morgan fingerprint density at radius 3 is 2.59 bits per heavy atom. The number of aryl methyl sites for hydroxylation is 1. The van der Waals surface area contributed by atoms with Crippen LogP contribution in [0.5, 0.6) is 0 Å². The molecule has 2 aromatic carbocycles. The zero-order valence-corrected chi connectivity index (χ0v) is 14.1. The van der Waals surface area contributed by atoms with E-state index in [0.29, 0.717) is 16.6 Å². The van der Waals surface area contributed by atoms with Gasteiger partial charge in [-0.1, -0.05) is 47.5 Å². The van der Waals surface area contributed by atoms with Crippen LogP contribution in [0.3, 0.4) is 0 Å². The zero-order valence-electron chi connectivity index (χ0n) is 12.6. The molecule has 2 rings (SSSR count). The number of benzene rings is 2. The van der Waals surface area contributed by atoms with Crippen LogP contribution < -0.4 is 5.32 Å². The van der Waals surface area contributed by atoms with Gasteiger partial charge in [0.2, 0.25) is 5.91 Å². The molecule has 0 radical (unpaired) electrons. The summed E-state index contributed by atoms with van der Waals surface area (Å²) in [5, 5.41) is 4.13. The van der Waals surface area contributed by atoms with Gasteiger partial charge in [-0.25, -0.2) is 0 Å². The minimum Gasteiger partial charge on any atom is -0.325 e. The Morgan fingerprint density at radius 2 is 1.91 bits per heavy atom. The third kappa shape index (κ3) is 4.73. The first-order valence-electron chi connectivity index (χ1n) is 6.93. The first kappa shape index (κ1) is 16.8. The molecule has 0 aliphatic rings. The van der Waals surface area contributed by atoms with Crippen LogP contribution >= 0.6 is 23.2 Å². The van der Waals surface area contributed by atoms with Gasteiger partial charge in [-0.15, -0.1) is 0 Å². The lowest BCUT2D eigenvalue weighted by molar-refractivity contribution is -0.117. The fourth-order valence-corrected chi connectivity index (χ4v) is 2.61. The van der Waals surface area contributed by atoms with Gasteiger partial charge in [-0.05, 0) is 43.3 Å². The van der Waals surface area contributed by atoms with Crippen LogP contribution in [-0.2, 0) is 11.3 Å². The quantitative estimate of drug-likeness (QED) is 0.879. The highest BCUT2D eigenvalue weighted by Crippen LogP contribution is 2.22. The molecule has 0 aromatic heterocycles. The van der Waals surface area contributed by atoms with E-state index in [4.69, 9.17) is 23.2 Å². The molecule has 0 fully saturated rings. The van der Waals surface area contributed by atoms with Crippen molar-refractivity contribution in [2.45, 2.75) is 13.5 Å². The van der Waals surface area contributed by atoms with Crippen LogP contribution in [-0.4, -0.2) is 24.4 Å². The maximum absolute atomic E-state index is 12.1. The van der Waals surface area contributed by atoms with Gasteiger partial charge in [0.05, 0.1) is 6.54 Å². The lowest BCUT2D eigenvalue weighted by atomic mass is 10.2. The maximum Gasteiger partial charge on any atom is 0.238 e. The van der Waals surface area contributed by atoms with E-state index in [1.54, 1.807) is 12.1 Å². The number of nitrogens with zero attached hydrogens (tertiary/aromatic N) is 1. The standard InChI is InChI=1S/C17H18Cl2N2O/c1-12-5-3-4-6-16(12)20-17(22)11-21(2)10-13-7-8-14(18)9-15(13)19/h3-9H,10-11H2,1-2H3,(H,20,22). The molecule has 0 aliphatic heterocycles. The van der Waals surface area contributed by atoms with Crippen molar-refractivity contribution in [2.75, 3.05) is 18.9 Å². The number of amides is 1. The lowest BCUT2D eigenvalue weighted by Crippen LogP contribution is -2.30. The fraction of sp³-hybridized carbons (Fsp3) is 0.235. The number of carbonyl (C=O) groups excluding carboxylic acids is 1. The summed E-state index contributed by atoms with van der Waals surface area (Å²) < 4.78 is 0. The normalized spacial score (nSPS) is 10.8. The monoisotopic (exact) mass is 336 g/mol. The summed E-state index contributed by atoms with van der Waals surface area (Å²) in [6, 6.07) is 13.1. The molecule has 1 amide bonds. The van der Waals surface area contributed by atoms with Gasteiger partial charge in [-0.2, -0.15) is 0 Å². The average Bonchev–Trinajstić information content (AvgIpc) is 2.44. The third-order valence-corrected chi connectivity index (χ3v) is 3.87. The van der Waals surface area contributed by atoms with Crippen molar-refractivity contribution < 1.29 is 4.79 Å². The third-order valence-electron chi connectivity index (χ3n) is 3.29. The van der Waals surface area contributed by atoms with Crippen molar-refractivity contribution in [1.29, 1.82) is 0 Å². The van der Waals surface area contributed by atoms with Gasteiger partial charge in [-0.3, -0.25) is 9.69 Å². The highest BCUT2D eigenvalue weighted by molar-refractivity contribution is 6.35. The molecule has 0 atom stereocenters. The molecule has 0 saturated heterocycles. The Labute approximate surface area is 140 Å². The van der Waals surface area contributed by atoms with Crippen molar-refractivity contribution in [3.8, 4) is 0 Å². The van der Waals surface area contributed by atoms with Crippen LogP contribution in [0.2, 0.25) is 10.0 Å². The Balaban J connectivity index is 1.92. The van der Waals surface area contributed by atoms with E-state index in [0.717, 1.165) is 16.8 Å². The summed E-state index contributed by atoms with van der Waals surface area (Å²) in [5.41, 5.74) is 2.82. The topological polar surface area (TPSA) is 32.3 Å². The van der Waals surface area contributed by atoms with Crippen LogP contribution in [0.1, 0.15) is 11.1 Å². The molecule has 22 heavy (non-hydrogen) atoms. The first-order chi connectivity index (χ1) is 10.5.